The summed E-state index contributed by atoms with van der Waals surface area (Å²) < 4.78 is 72.3. The van der Waals surface area contributed by atoms with E-state index >= 15 is 0 Å². The summed E-state index contributed by atoms with van der Waals surface area (Å²) in [6.45, 7) is 0.331. The number of nitrogens with two attached hydrogens (primary N) is 1. The molecule has 47 heavy (non-hydrogen) atoms. The molecule has 6 rings (SSSR count). The minimum Gasteiger partial charge on any atom is -0.494 e. The normalized spacial score (nSPS) is 14.7. The first-order chi connectivity index (χ1) is 22.3. The number of ether oxygens (including phenoxy) is 2. The Morgan fingerprint density at radius 3 is 2.62 bits per heavy atom. The van der Waals surface area contributed by atoms with Crippen molar-refractivity contribution in [2.24, 2.45) is 5.73 Å². The van der Waals surface area contributed by atoms with Gasteiger partial charge in [0.2, 0.25) is 11.5 Å². The summed E-state index contributed by atoms with van der Waals surface area (Å²) in [7, 11) is 1.39. The van der Waals surface area contributed by atoms with E-state index in [-0.39, 0.29) is 46.5 Å². The fraction of sp³-hybridized carbons (Fsp3) is 0.312. The highest BCUT2D eigenvalue weighted by Gasteiger charge is 2.57. The summed E-state index contributed by atoms with van der Waals surface area (Å²) in [5.74, 6) is -2.18. The van der Waals surface area contributed by atoms with Crippen LogP contribution in [0.3, 0.4) is 0 Å². The molecule has 5 aromatic rings. The number of fused-ring (bicyclic) bond motifs is 2. The van der Waals surface area contributed by atoms with Crippen LogP contribution in [0.25, 0.3) is 32.2 Å². The second kappa shape index (κ2) is 12.1. The Bertz CT molecular complexity index is 2020. The summed E-state index contributed by atoms with van der Waals surface area (Å²) in [5, 5.41) is 20.5. The summed E-state index contributed by atoms with van der Waals surface area (Å²) in [6.07, 6.45) is -2.26. The van der Waals surface area contributed by atoms with Crippen molar-refractivity contribution in [1.82, 2.24) is 20.1 Å². The van der Waals surface area contributed by atoms with E-state index in [1.165, 1.54) is 48.8 Å². The summed E-state index contributed by atoms with van der Waals surface area (Å²) in [4.78, 5) is 29.5. The Morgan fingerprint density at radius 2 is 1.96 bits per heavy atom. The largest absolute Gasteiger partial charge is 0.494 e. The van der Waals surface area contributed by atoms with Crippen molar-refractivity contribution in [3.8, 4) is 22.8 Å². The first-order valence-electron chi connectivity index (χ1n) is 14.6. The zero-order valence-electron chi connectivity index (χ0n) is 25.2. The fourth-order valence-corrected chi connectivity index (χ4v) is 6.30. The van der Waals surface area contributed by atoms with Crippen molar-refractivity contribution >= 4 is 44.1 Å². The highest BCUT2D eigenvalue weighted by molar-refractivity contribution is 7.17. The number of rotatable bonds is 11. The fourth-order valence-electron chi connectivity index (χ4n) is 5.37. The SMILES string of the molecule is CCOc1c(CC(N)=O)cc([C@@](O)(CNC(=O)c2cc(OC)c3nn(C4CC4)cc3c2)C(F)(F)F)nc1-c1csc2ccc(F)cc12. The van der Waals surface area contributed by atoms with Gasteiger partial charge in [0.05, 0.1) is 38.4 Å². The lowest BCUT2D eigenvalue weighted by atomic mass is 9.93. The second-order valence-corrected chi connectivity index (χ2v) is 12.1. The number of halogens is 4. The maximum atomic E-state index is 14.8. The molecule has 0 spiro atoms. The Balaban J connectivity index is 1.42. The number of pyridine rings is 1. The number of nitrogens with zero attached hydrogens (tertiary/aromatic N) is 3. The molecule has 1 atom stereocenters. The lowest BCUT2D eigenvalue weighted by molar-refractivity contribution is -0.265. The maximum Gasteiger partial charge on any atom is 0.424 e. The number of alkyl halides is 3. The van der Waals surface area contributed by atoms with E-state index in [1.54, 1.807) is 23.2 Å². The van der Waals surface area contributed by atoms with E-state index in [2.05, 4.69) is 15.4 Å². The smallest absolute Gasteiger partial charge is 0.424 e. The van der Waals surface area contributed by atoms with Crippen LogP contribution in [0.1, 0.15) is 47.4 Å². The zero-order valence-corrected chi connectivity index (χ0v) is 26.0. The minimum absolute atomic E-state index is 0.0178. The molecule has 0 radical (unpaired) electrons. The molecule has 0 bridgehead atoms. The highest BCUT2D eigenvalue weighted by Crippen LogP contribution is 2.44. The van der Waals surface area contributed by atoms with Crippen molar-refractivity contribution in [3.05, 3.63) is 70.6 Å². The molecule has 10 nitrogen and oxygen atoms in total. The molecular weight excluding hydrogens is 642 g/mol. The van der Waals surface area contributed by atoms with Gasteiger partial charge in [0, 0.05) is 43.7 Å². The Morgan fingerprint density at radius 1 is 1.19 bits per heavy atom. The van der Waals surface area contributed by atoms with Crippen LogP contribution in [0.15, 0.2) is 48.0 Å². The van der Waals surface area contributed by atoms with Crippen molar-refractivity contribution < 1.29 is 41.7 Å². The first kappa shape index (κ1) is 32.2. The van der Waals surface area contributed by atoms with Crippen LogP contribution in [-0.4, -0.2) is 58.1 Å². The molecule has 246 valence electrons. The Hall–Kier alpha value is -4.76. The van der Waals surface area contributed by atoms with Gasteiger partial charge < -0.3 is 25.6 Å². The quantitative estimate of drug-likeness (QED) is 0.160. The van der Waals surface area contributed by atoms with Gasteiger partial charge in [-0.1, -0.05) is 0 Å². The standard InChI is InChI=1S/C32H29F4N5O5S/c1-3-46-29-16(11-26(37)42)10-25(39-28(29)22-14-47-24-7-4-19(33)12-21(22)24)31(44,32(34,35)36)15-38-30(43)17-8-18-13-41(20-5-6-20)40-27(18)23(9-17)45-2/h4,7-10,12-14,20,44H,3,5-6,11,15H2,1-2H3,(H2,37,42)(H,38,43)/t31-/m0/s1. The molecule has 2 amide bonds. The van der Waals surface area contributed by atoms with Gasteiger partial charge in [0.1, 0.15) is 28.5 Å². The minimum atomic E-state index is -5.36. The van der Waals surface area contributed by atoms with Crippen LogP contribution in [0.2, 0.25) is 0 Å². The molecule has 0 unspecified atom stereocenters. The number of primary amides is 1. The summed E-state index contributed by atoms with van der Waals surface area (Å²) >= 11 is 1.19. The number of methoxy groups -OCH3 is 1. The van der Waals surface area contributed by atoms with E-state index in [9.17, 15) is 32.3 Å². The van der Waals surface area contributed by atoms with Gasteiger partial charge in [-0.15, -0.1) is 11.3 Å². The third-order valence-electron chi connectivity index (χ3n) is 7.89. The lowest BCUT2D eigenvalue weighted by Crippen LogP contribution is -2.51. The predicted octanol–water partition coefficient (Wildman–Crippen LogP) is 5.40. The average molecular weight is 672 g/mol. The topological polar surface area (TPSA) is 142 Å². The van der Waals surface area contributed by atoms with Crippen molar-refractivity contribution in [2.75, 3.05) is 20.3 Å². The van der Waals surface area contributed by atoms with Crippen LogP contribution in [0, 0.1) is 5.82 Å². The van der Waals surface area contributed by atoms with Gasteiger partial charge in [-0.25, -0.2) is 9.37 Å². The zero-order chi connectivity index (χ0) is 33.7. The molecule has 15 heteroatoms. The molecule has 0 aliphatic heterocycles. The van der Waals surface area contributed by atoms with Crippen LogP contribution in [-0.2, 0) is 16.8 Å². The van der Waals surface area contributed by atoms with Gasteiger partial charge in [0.25, 0.3) is 5.91 Å². The average Bonchev–Trinajstić information content (AvgIpc) is 3.65. The molecule has 1 saturated carbocycles. The van der Waals surface area contributed by atoms with Crippen LogP contribution in [0.4, 0.5) is 17.6 Å². The third kappa shape index (κ3) is 6.07. The summed E-state index contributed by atoms with van der Waals surface area (Å²) in [5.41, 5.74) is 1.25. The van der Waals surface area contributed by atoms with Gasteiger partial charge in [-0.05, 0) is 56.2 Å². The van der Waals surface area contributed by atoms with Gasteiger partial charge >= 0.3 is 6.18 Å². The second-order valence-electron chi connectivity index (χ2n) is 11.2. The van der Waals surface area contributed by atoms with Gasteiger partial charge in [-0.2, -0.15) is 18.3 Å². The molecular formula is C32H29F4N5O5S. The number of thiophene rings is 1. The molecule has 3 heterocycles. The summed E-state index contributed by atoms with van der Waals surface area (Å²) in [6, 6.07) is 7.91. The Labute approximate surface area is 269 Å². The molecule has 3 aromatic heterocycles. The number of hydrogen-bond acceptors (Lipinski definition) is 8. The lowest BCUT2D eigenvalue weighted by Gasteiger charge is -2.31. The van der Waals surface area contributed by atoms with Gasteiger partial charge in [0.15, 0.2) is 0 Å². The van der Waals surface area contributed by atoms with Crippen LogP contribution < -0.4 is 20.5 Å². The van der Waals surface area contributed by atoms with Crippen molar-refractivity contribution in [1.29, 1.82) is 0 Å². The van der Waals surface area contributed by atoms with E-state index < -0.39 is 48.1 Å². The van der Waals surface area contributed by atoms with Crippen molar-refractivity contribution in [2.45, 2.75) is 44.0 Å². The van der Waals surface area contributed by atoms with Gasteiger partial charge in [-0.3, -0.25) is 14.3 Å². The number of aromatic nitrogens is 3. The van der Waals surface area contributed by atoms with Crippen LogP contribution in [0.5, 0.6) is 11.5 Å². The number of amides is 2. The number of carbonyl (C=O) groups excluding carboxylic acids is 2. The van der Waals surface area contributed by atoms with E-state index in [4.69, 9.17) is 15.2 Å². The number of carbonyl (C=O) groups is 2. The maximum absolute atomic E-state index is 14.8. The predicted molar refractivity (Wildman–Crippen MR) is 166 cm³/mol. The molecule has 1 aliphatic carbocycles. The molecule has 4 N–H and O–H groups in total. The number of benzene rings is 2. The van der Waals surface area contributed by atoms with E-state index in [0.717, 1.165) is 18.9 Å². The molecule has 1 aliphatic rings. The molecule has 0 saturated heterocycles. The number of aliphatic hydroxyl groups is 1. The monoisotopic (exact) mass is 671 g/mol. The number of hydrogen-bond donors (Lipinski definition) is 3. The van der Waals surface area contributed by atoms with E-state index in [1.807, 2.05) is 0 Å². The molecule has 2 aromatic carbocycles. The van der Waals surface area contributed by atoms with Crippen LogP contribution >= 0.6 is 11.3 Å². The Kier molecular flexibility index (Phi) is 8.30. The first-order valence-corrected chi connectivity index (χ1v) is 15.5. The van der Waals surface area contributed by atoms with E-state index in [0.29, 0.717) is 21.0 Å². The third-order valence-corrected chi connectivity index (χ3v) is 8.85. The molecule has 1 fully saturated rings. The number of nitrogens with one attached hydrogen (secondary N) is 1. The highest BCUT2D eigenvalue weighted by atomic mass is 32.1. The van der Waals surface area contributed by atoms with Crippen molar-refractivity contribution in [3.63, 3.8) is 0 Å².